The highest BCUT2D eigenvalue weighted by molar-refractivity contribution is 5.76. The lowest BCUT2D eigenvalue weighted by atomic mass is 9.33. The summed E-state index contributed by atoms with van der Waals surface area (Å²) in [6.07, 6.45) is -7.02. The molecule has 7 rings (SSSR count). The monoisotopic (exact) mass is 794 g/mol. The summed E-state index contributed by atoms with van der Waals surface area (Å²) in [6.45, 7) is 15.4. The van der Waals surface area contributed by atoms with E-state index in [1.165, 1.54) is 5.57 Å². The highest BCUT2D eigenvalue weighted by Gasteiger charge is 2.69. The van der Waals surface area contributed by atoms with Gasteiger partial charge in [0.05, 0.1) is 18.1 Å². The van der Waals surface area contributed by atoms with Crippen molar-refractivity contribution in [1.29, 1.82) is 0 Å². The van der Waals surface area contributed by atoms with Crippen LogP contribution in [0.15, 0.2) is 11.6 Å². The predicted molar refractivity (Wildman–Crippen MR) is 198 cm³/mol. The molecule has 14 nitrogen and oxygen atoms in total. The first-order chi connectivity index (χ1) is 26.0. The minimum atomic E-state index is -1.93. The van der Waals surface area contributed by atoms with E-state index in [-0.39, 0.29) is 33.5 Å². The van der Waals surface area contributed by atoms with Crippen LogP contribution in [0.1, 0.15) is 113 Å². The third kappa shape index (κ3) is 6.17. The summed E-state index contributed by atoms with van der Waals surface area (Å²) < 4.78 is 23.5. The van der Waals surface area contributed by atoms with Crippen molar-refractivity contribution in [3.8, 4) is 0 Å². The van der Waals surface area contributed by atoms with Crippen molar-refractivity contribution >= 4 is 11.9 Å². The number of hydrogen-bond donors (Lipinski definition) is 8. The normalized spacial score (nSPS) is 52.3. The third-order valence-corrected chi connectivity index (χ3v) is 17.2. The highest BCUT2D eigenvalue weighted by atomic mass is 16.7. The van der Waals surface area contributed by atoms with E-state index in [0.29, 0.717) is 18.8 Å². The number of rotatable bonds is 7. The maximum atomic E-state index is 13.0. The van der Waals surface area contributed by atoms with Crippen LogP contribution in [0.4, 0.5) is 0 Å². The van der Waals surface area contributed by atoms with Crippen LogP contribution in [0, 0.1) is 50.2 Å². The fourth-order valence-corrected chi connectivity index (χ4v) is 13.7. The summed E-state index contributed by atoms with van der Waals surface area (Å²) in [5.74, 6) is -1.64. The average Bonchev–Trinajstić information content (AvgIpc) is 3.11. The number of aliphatic hydroxyl groups is 6. The van der Waals surface area contributed by atoms with Gasteiger partial charge >= 0.3 is 11.9 Å². The Morgan fingerprint density at radius 2 is 1.41 bits per heavy atom. The van der Waals surface area contributed by atoms with Crippen LogP contribution in [-0.4, -0.2) is 127 Å². The zero-order valence-corrected chi connectivity index (χ0v) is 34.0. The number of allylic oxidation sites excluding steroid dienone is 2. The molecule has 0 unspecified atom stereocenters. The second-order valence-electron chi connectivity index (χ2n) is 20.7. The number of carboxylic acids is 2. The lowest BCUT2D eigenvalue weighted by Crippen LogP contribution is -2.67. The number of aliphatic hydroxyl groups excluding tert-OH is 6. The van der Waals surface area contributed by atoms with E-state index in [9.17, 15) is 50.4 Å². The predicted octanol–water partition coefficient (Wildman–Crippen LogP) is 2.97. The summed E-state index contributed by atoms with van der Waals surface area (Å²) in [4.78, 5) is 25.4. The topological polar surface area (TPSA) is 233 Å². The Morgan fingerprint density at radius 1 is 0.750 bits per heavy atom. The van der Waals surface area contributed by atoms with Crippen molar-refractivity contribution in [1.82, 2.24) is 0 Å². The van der Waals surface area contributed by atoms with E-state index in [0.717, 1.165) is 51.4 Å². The van der Waals surface area contributed by atoms with Gasteiger partial charge in [0.1, 0.15) is 42.7 Å². The summed E-state index contributed by atoms with van der Waals surface area (Å²) in [6, 6.07) is 0. The van der Waals surface area contributed by atoms with E-state index in [1.807, 2.05) is 0 Å². The van der Waals surface area contributed by atoms with Gasteiger partial charge in [-0.25, -0.2) is 4.79 Å². The van der Waals surface area contributed by atoms with Crippen molar-refractivity contribution in [2.45, 2.75) is 180 Å². The molecule has 2 aliphatic heterocycles. The van der Waals surface area contributed by atoms with Crippen LogP contribution in [0.5, 0.6) is 0 Å². The fourth-order valence-electron chi connectivity index (χ4n) is 13.7. The molecule has 2 heterocycles. The van der Waals surface area contributed by atoms with Crippen LogP contribution in [0.25, 0.3) is 0 Å². The molecule has 318 valence electrons. The molecule has 0 spiro atoms. The van der Waals surface area contributed by atoms with Gasteiger partial charge < -0.3 is 59.8 Å². The Hall–Kier alpha value is -1.72. The van der Waals surface area contributed by atoms with E-state index in [1.54, 1.807) is 0 Å². The number of fused-ring (bicyclic) bond motifs is 7. The molecule has 0 radical (unpaired) electrons. The minimum absolute atomic E-state index is 0.0231. The van der Waals surface area contributed by atoms with Gasteiger partial charge in [0.25, 0.3) is 0 Å². The van der Waals surface area contributed by atoms with Crippen molar-refractivity contribution in [2.75, 3.05) is 6.61 Å². The molecule has 14 heteroatoms. The van der Waals surface area contributed by atoms with Crippen molar-refractivity contribution in [2.24, 2.45) is 50.2 Å². The van der Waals surface area contributed by atoms with E-state index in [4.69, 9.17) is 18.9 Å². The van der Waals surface area contributed by atoms with Gasteiger partial charge in [-0.1, -0.05) is 60.1 Å². The molecule has 2 saturated heterocycles. The van der Waals surface area contributed by atoms with Crippen LogP contribution < -0.4 is 0 Å². The molecule has 7 aliphatic rings. The second-order valence-corrected chi connectivity index (χ2v) is 20.7. The molecule has 0 bridgehead atoms. The summed E-state index contributed by atoms with van der Waals surface area (Å²) in [7, 11) is 0. The smallest absolute Gasteiger partial charge is 0.335 e. The maximum Gasteiger partial charge on any atom is 0.335 e. The number of carboxylic acid groups (broad SMARTS) is 2. The molecule has 56 heavy (non-hydrogen) atoms. The van der Waals surface area contributed by atoms with E-state index < -0.39 is 96.9 Å². The molecule has 4 saturated carbocycles. The third-order valence-electron chi connectivity index (χ3n) is 17.2. The molecule has 5 aliphatic carbocycles. The van der Waals surface area contributed by atoms with Crippen molar-refractivity contribution in [3.63, 3.8) is 0 Å². The van der Waals surface area contributed by atoms with Gasteiger partial charge in [-0.15, -0.1) is 0 Å². The summed E-state index contributed by atoms with van der Waals surface area (Å²) in [5.41, 5.74) is -0.0185. The molecule has 0 aromatic rings. The zero-order valence-electron chi connectivity index (χ0n) is 34.0. The molecule has 0 amide bonds. The van der Waals surface area contributed by atoms with Gasteiger partial charge in [-0.3, -0.25) is 4.79 Å². The quantitative estimate of drug-likeness (QED) is 0.137. The van der Waals surface area contributed by atoms with Gasteiger partial charge in [-0.05, 0) is 109 Å². The zero-order chi connectivity index (χ0) is 41.1. The van der Waals surface area contributed by atoms with Crippen LogP contribution >= 0.6 is 0 Å². The molecule has 0 aromatic heterocycles. The summed E-state index contributed by atoms with van der Waals surface area (Å²) in [5, 5.41) is 84.1. The highest BCUT2D eigenvalue weighted by Crippen LogP contribution is 2.76. The van der Waals surface area contributed by atoms with Crippen molar-refractivity contribution < 1.29 is 69.4 Å². The van der Waals surface area contributed by atoms with E-state index in [2.05, 4.69) is 54.5 Å². The van der Waals surface area contributed by atoms with Crippen LogP contribution in [-0.2, 0) is 28.5 Å². The first-order valence-electron chi connectivity index (χ1n) is 20.8. The van der Waals surface area contributed by atoms with Gasteiger partial charge in [-0.2, -0.15) is 0 Å². The fraction of sp³-hybridized carbons (Fsp3) is 0.905. The lowest BCUT2D eigenvalue weighted by Gasteiger charge is -2.71. The Labute approximate surface area is 329 Å². The molecule has 6 fully saturated rings. The minimum Gasteiger partial charge on any atom is -0.481 e. The van der Waals surface area contributed by atoms with Crippen LogP contribution in [0.3, 0.4) is 0 Å². The van der Waals surface area contributed by atoms with E-state index >= 15 is 0 Å². The van der Waals surface area contributed by atoms with Crippen molar-refractivity contribution in [3.05, 3.63) is 11.6 Å². The number of hydrogen-bond acceptors (Lipinski definition) is 12. The first-order valence-corrected chi connectivity index (χ1v) is 20.8. The average molecular weight is 795 g/mol. The molecular formula is C42H66O14. The number of aliphatic carboxylic acids is 2. The molecule has 18 atom stereocenters. The van der Waals surface area contributed by atoms with Gasteiger partial charge in [0, 0.05) is 0 Å². The van der Waals surface area contributed by atoms with Crippen LogP contribution in [0.2, 0.25) is 0 Å². The molecule has 0 aromatic carbocycles. The molecular weight excluding hydrogens is 728 g/mol. The first kappa shape index (κ1) is 42.4. The number of ether oxygens (including phenoxy) is 4. The van der Waals surface area contributed by atoms with Gasteiger partial charge in [0.2, 0.25) is 0 Å². The second kappa shape index (κ2) is 14.2. The maximum absolute atomic E-state index is 13.0. The Morgan fingerprint density at radius 3 is 2.05 bits per heavy atom. The Kier molecular flexibility index (Phi) is 10.8. The number of carbonyl (C=O) groups is 2. The Bertz CT molecular complexity index is 1560. The largest absolute Gasteiger partial charge is 0.481 e. The summed E-state index contributed by atoms with van der Waals surface area (Å²) >= 11 is 0. The van der Waals surface area contributed by atoms with Gasteiger partial charge in [0.15, 0.2) is 18.7 Å². The standard InChI is InChI=1S/C42H66O14/c1-37(2)14-16-42(36(51)52)17-15-40(6)20(21(42)18-37)8-9-24-39(5)12-11-25(38(3,4)23(39)10-13-41(24,40)7)54-35-30(48)31(29(47)32(56-35)33(49)50)55-34-28(46)27(45)26(44)22(19-43)53-34/h8,21-32,34-35,43-48H,9-19H2,1-7H3,(H,49,50)(H,51,52)/t21-,22+,23-,24+,25-,26-,27-,28+,29-,30+,31-,32-,34-,35-,39-,40+,41+,42-/m0/s1. The lowest BCUT2D eigenvalue weighted by molar-refractivity contribution is -0.365. The SMILES string of the molecule is CC1(C)CC[C@]2(C(=O)O)CC[C@]3(C)C(=CC[C@@H]4[C@@]5(C)CC[C@H](O[C@H]6O[C@H](C(=O)O)[C@@H](O)[C@H](O[C@@H]7O[C@H](CO)[C@H](O)[C@H](O)[C@H]7O)[C@H]6O)C(C)(C)[C@@H]5CC[C@]43C)[C@@H]2C1. The Balaban J connectivity index is 1.13. The molecule has 8 N–H and O–H groups in total.